The van der Waals surface area contributed by atoms with Crippen molar-refractivity contribution in [3.63, 3.8) is 0 Å². The Labute approximate surface area is 188 Å². The number of hydrogen-bond donors (Lipinski definition) is 0. The summed E-state index contributed by atoms with van der Waals surface area (Å²) in [4.78, 5) is 30.0. The second kappa shape index (κ2) is 9.51. The van der Waals surface area contributed by atoms with Crippen molar-refractivity contribution in [2.45, 2.75) is 51.3 Å². The molecule has 0 radical (unpaired) electrons. The van der Waals surface area contributed by atoms with Crippen LogP contribution in [0.4, 0.5) is 5.69 Å². The monoisotopic (exact) mass is 438 g/mol. The van der Waals surface area contributed by atoms with Gasteiger partial charge in [0.05, 0.1) is 19.9 Å². The highest BCUT2D eigenvalue weighted by Gasteiger charge is 2.35. The normalized spacial score (nSPS) is 18.2. The molecule has 1 aliphatic carbocycles. The number of rotatable bonds is 7. The van der Waals surface area contributed by atoms with E-state index < -0.39 is 6.10 Å². The molecule has 32 heavy (non-hydrogen) atoms. The highest BCUT2D eigenvalue weighted by atomic mass is 16.5. The maximum atomic E-state index is 13.6. The Bertz CT molecular complexity index is 986. The molecule has 2 aromatic rings. The smallest absolute Gasteiger partial charge is 0.268 e. The molecule has 2 aromatic carbocycles. The Morgan fingerprint density at radius 2 is 1.88 bits per heavy atom. The Morgan fingerprint density at radius 3 is 2.59 bits per heavy atom. The van der Waals surface area contributed by atoms with Gasteiger partial charge in [0.25, 0.3) is 5.91 Å². The molecule has 0 N–H and O–H groups in total. The van der Waals surface area contributed by atoms with Crippen molar-refractivity contribution >= 4 is 17.5 Å². The third-order valence-corrected chi connectivity index (χ3v) is 6.29. The van der Waals surface area contributed by atoms with Crippen LogP contribution in [-0.4, -0.2) is 49.6 Å². The molecule has 7 nitrogen and oxygen atoms in total. The summed E-state index contributed by atoms with van der Waals surface area (Å²) < 4.78 is 16.6. The van der Waals surface area contributed by atoms with E-state index in [1.54, 1.807) is 26.0 Å². The van der Waals surface area contributed by atoms with E-state index in [1.165, 1.54) is 0 Å². The van der Waals surface area contributed by atoms with Gasteiger partial charge in [0.2, 0.25) is 5.91 Å². The first kappa shape index (κ1) is 22.0. The number of hydrogen-bond acceptors (Lipinski definition) is 5. The van der Waals surface area contributed by atoms with Crippen molar-refractivity contribution in [2.75, 3.05) is 25.7 Å². The van der Waals surface area contributed by atoms with Crippen LogP contribution in [0, 0.1) is 0 Å². The molecule has 0 spiro atoms. The van der Waals surface area contributed by atoms with Crippen molar-refractivity contribution in [3.05, 3.63) is 48.0 Å². The van der Waals surface area contributed by atoms with Gasteiger partial charge in [-0.25, -0.2) is 0 Å². The average molecular weight is 439 g/mol. The average Bonchev–Trinajstić information content (AvgIpc) is 3.34. The van der Waals surface area contributed by atoms with Crippen LogP contribution in [0.15, 0.2) is 42.5 Å². The molecule has 1 fully saturated rings. The van der Waals surface area contributed by atoms with Gasteiger partial charge in [-0.1, -0.05) is 25.0 Å². The fourth-order valence-corrected chi connectivity index (χ4v) is 4.55. The van der Waals surface area contributed by atoms with E-state index in [4.69, 9.17) is 14.2 Å². The zero-order chi connectivity index (χ0) is 22.7. The highest BCUT2D eigenvalue weighted by molar-refractivity contribution is 6.03. The van der Waals surface area contributed by atoms with E-state index in [1.807, 2.05) is 47.4 Å². The number of carbonyl (C=O) groups excluding carboxylic acids is 2. The summed E-state index contributed by atoms with van der Waals surface area (Å²) in [5, 5.41) is 0. The fourth-order valence-electron chi connectivity index (χ4n) is 4.55. The lowest BCUT2D eigenvalue weighted by atomic mass is 10.1. The summed E-state index contributed by atoms with van der Waals surface area (Å²) >= 11 is 0. The Balaban J connectivity index is 1.60. The number of nitrogens with zero attached hydrogens (tertiary/aromatic N) is 2. The molecule has 4 rings (SSSR count). The highest BCUT2D eigenvalue weighted by Crippen LogP contribution is 2.35. The van der Waals surface area contributed by atoms with Crippen LogP contribution in [0.3, 0.4) is 0 Å². The lowest BCUT2D eigenvalue weighted by molar-refractivity contribution is -0.135. The van der Waals surface area contributed by atoms with Gasteiger partial charge < -0.3 is 19.1 Å². The Morgan fingerprint density at radius 1 is 1.12 bits per heavy atom. The second-order valence-electron chi connectivity index (χ2n) is 8.29. The molecule has 1 atom stereocenters. The molecule has 1 aliphatic heterocycles. The van der Waals surface area contributed by atoms with Gasteiger partial charge in [-0.05, 0) is 44.0 Å². The SMILES string of the molecule is COc1ccc(CN(C(=O)CN2C(=O)[C@@H](C)Oc3ccccc32)C2CCCC2)c(OC)c1. The van der Waals surface area contributed by atoms with E-state index in [-0.39, 0.29) is 24.4 Å². The van der Waals surface area contributed by atoms with Crippen LogP contribution >= 0.6 is 0 Å². The van der Waals surface area contributed by atoms with E-state index >= 15 is 0 Å². The Hall–Kier alpha value is -3.22. The summed E-state index contributed by atoms with van der Waals surface area (Å²) in [6.07, 6.45) is 3.51. The number of anilines is 1. The van der Waals surface area contributed by atoms with Gasteiger partial charge in [0.1, 0.15) is 23.8 Å². The fraction of sp³-hybridized carbons (Fsp3) is 0.440. The van der Waals surface area contributed by atoms with Crippen molar-refractivity contribution in [1.82, 2.24) is 4.90 Å². The topological polar surface area (TPSA) is 68.3 Å². The van der Waals surface area contributed by atoms with Crippen LogP contribution in [0.1, 0.15) is 38.2 Å². The number of carbonyl (C=O) groups is 2. The van der Waals surface area contributed by atoms with Crippen LogP contribution in [0.25, 0.3) is 0 Å². The molecule has 1 saturated carbocycles. The molecule has 2 aliphatic rings. The number of benzene rings is 2. The molecule has 0 aromatic heterocycles. The second-order valence-corrected chi connectivity index (χ2v) is 8.29. The number of para-hydroxylation sites is 2. The maximum absolute atomic E-state index is 13.6. The lowest BCUT2D eigenvalue weighted by Gasteiger charge is -2.35. The molecule has 170 valence electrons. The molecule has 0 bridgehead atoms. The zero-order valence-corrected chi connectivity index (χ0v) is 18.9. The van der Waals surface area contributed by atoms with Crippen molar-refractivity contribution < 1.29 is 23.8 Å². The number of fused-ring (bicyclic) bond motifs is 1. The van der Waals surface area contributed by atoms with Gasteiger partial charge in [-0.2, -0.15) is 0 Å². The molecule has 0 saturated heterocycles. The standard InChI is InChI=1S/C25H30N2O5/c1-17-25(29)27(21-10-6-7-11-22(21)32-17)16-24(28)26(19-8-4-5-9-19)15-18-12-13-20(30-2)14-23(18)31-3/h6-7,10-14,17,19H,4-5,8-9,15-16H2,1-3H3/t17-/m1/s1. The minimum atomic E-state index is -0.626. The van der Waals surface area contributed by atoms with Crippen LogP contribution < -0.4 is 19.1 Å². The van der Waals surface area contributed by atoms with Gasteiger partial charge in [0, 0.05) is 24.2 Å². The first-order valence-corrected chi connectivity index (χ1v) is 11.1. The minimum Gasteiger partial charge on any atom is -0.497 e. The summed E-state index contributed by atoms with van der Waals surface area (Å²) in [6.45, 7) is 2.12. The largest absolute Gasteiger partial charge is 0.497 e. The number of amides is 2. The zero-order valence-electron chi connectivity index (χ0n) is 18.9. The van der Waals surface area contributed by atoms with Gasteiger partial charge >= 0.3 is 0 Å². The summed E-state index contributed by atoms with van der Waals surface area (Å²) in [5.41, 5.74) is 1.55. The van der Waals surface area contributed by atoms with Crippen molar-refractivity contribution in [2.24, 2.45) is 0 Å². The number of ether oxygens (including phenoxy) is 3. The van der Waals surface area contributed by atoms with Crippen LogP contribution in [-0.2, 0) is 16.1 Å². The van der Waals surface area contributed by atoms with E-state index in [2.05, 4.69) is 0 Å². The molecule has 0 unspecified atom stereocenters. The molecule has 2 amide bonds. The summed E-state index contributed by atoms with van der Waals surface area (Å²) in [7, 11) is 3.23. The molecular weight excluding hydrogens is 408 g/mol. The Kier molecular flexibility index (Phi) is 6.53. The van der Waals surface area contributed by atoms with Gasteiger partial charge in [-0.15, -0.1) is 0 Å². The first-order valence-electron chi connectivity index (χ1n) is 11.1. The van der Waals surface area contributed by atoms with E-state index in [0.717, 1.165) is 31.2 Å². The summed E-state index contributed by atoms with van der Waals surface area (Å²) in [5.74, 6) is 1.73. The predicted molar refractivity (Wildman–Crippen MR) is 121 cm³/mol. The lowest BCUT2D eigenvalue weighted by Crippen LogP contribution is -2.51. The molecule has 1 heterocycles. The predicted octanol–water partition coefficient (Wildman–Crippen LogP) is 3.79. The summed E-state index contributed by atoms with van der Waals surface area (Å²) in [6, 6.07) is 13.1. The van der Waals surface area contributed by atoms with Gasteiger partial charge in [-0.3, -0.25) is 14.5 Å². The van der Waals surface area contributed by atoms with Crippen LogP contribution in [0.2, 0.25) is 0 Å². The number of methoxy groups -OCH3 is 2. The molecular formula is C25H30N2O5. The maximum Gasteiger partial charge on any atom is 0.268 e. The minimum absolute atomic E-state index is 0.0154. The van der Waals surface area contributed by atoms with Gasteiger partial charge in [0.15, 0.2) is 6.10 Å². The first-order chi connectivity index (χ1) is 15.5. The van der Waals surface area contributed by atoms with Crippen molar-refractivity contribution in [1.29, 1.82) is 0 Å². The quantitative estimate of drug-likeness (QED) is 0.658. The van der Waals surface area contributed by atoms with E-state index in [9.17, 15) is 9.59 Å². The molecule has 7 heteroatoms. The van der Waals surface area contributed by atoms with Crippen LogP contribution in [0.5, 0.6) is 17.2 Å². The van der Waals surface area contributed by atoms with E-state index in [0.29, 0.717) is 29.5 Å². The van der Waals surface area contributed by atoms with Crippen molar-refractivity contribution in [3.8, 4) is 17.2 Å². The third kappa shape index (κ3) is 4.38. The third-order valence-electron chi connectivity index (χ3n) is 6.29.